The van der Waals surface area contributed by atoms with Gasteiger partial charge in [-0.2, -0.15) is 0 Å². The molecule has 0 saturated carbocycles. The van der Waals surface area contributed by atoms with Gasteiger partial charge in [-0.15, -0.1) is 35.3 Å². The van der Waals surface area contributed by atoms with Crippen molar-refractivity contribution < 1.29 is 9.47 Å². The predicted molar refractivity (Wildman–Crippen MR) is 135 cm³/mol. The highest BCUT2D eigenvalue weighted by Crippen LogP contribution is 2.25. The molecule has 2 aromatic heterocycles. The molecule has 31 heavy (non-hydrogen) atoms. The van der Waals surface area contributed by atoms with E-state index < -0.39 is 0 Å². The zero-order chi connectivity index (χ0) is 20.9. The second-order valence-corrected chi connectivity index (χ2v) is 8.04. The Kier molecular flexibility index (Phi) is 8.38. The van der Waals surface area contributed by atoms with Crippen LogP contribution in [0, 0.1) is 0 Å². The number of thiazole rings is 1. The maximum absolute atomic E-state index is 5.52. The Bertz CT molecular complexity index is 984. The quantitative estimate of drug-likeness (QED) is 0.286. The summed E-state index contributed by atoms with van der Waals surface area (Å²) in [5, 5.41) is 5.49. The maximum Gasteiger partial charge on any atom is 0.194 e. The lowest BCUT2D eigenvalue weighted by Crippen LogP contribution is -2.52. The molecule has 0 atom stereocenters. The second-order valence-electron chi connectivity index (χ2n) is 7.17. The lowest BCUT2D eigenvalue weighted by atomic mass is 10.1. The lowest BCUT2D eigenvalue weighted by Gasteiger charge is -2.36. The molecule has 3 heterocycles. The first-order valence-corrected chi connectivity index (χ1v) is 10.9. The second kappa shape index (κ2) is 11.0. The Balaban J connectivity index is 0.00000272. The Morgan fingerprint density at radius 2 is 2.00 bits per heavy atom. The number of aliphatic imine (C=N–C) groups is 1. The van der Waals surface area contributed by atoms with Crippen molar-refractivity contribution in [3.8, 4) is 11.5 Å². The third-order valence-electron chi connectivity index (χ3n) is 5.34. The van der Waals surface area contributed by atoms with E-state index in [0.717, 1.165) is 66.4 Å². The molecule has 1 N–H and O–H groups in total. The SMILES string of the molecule is CN=C(NCc1cn2ccsc2n1)N1CCN(Cc2cc(OC)ccc2OC)CC1.I. The molecule has 1 aliphatic heterocycles. The van der Waals surface area contributed by atoms with E-state index in [1.807, 2.05) is 30.8 Å². The molecule has 4 rings (SSSR count). The number of guanidine groups is 1. The van der Waals surface area contributed by atoms with E-state index in [4.69, 9.17) is 9.47 Å². The number of nitrogens with zero attached hydrogens (tertiary/aromatic N) is 5. The van der Waals surface area contributed by atoms with Crippen LogP contribution in [0.5, 0.6) is 11.5 Å². The number of fused-ring (bicyclic) bond motifs is 1. The Morgan fingerprint density at radius 3 is 2.68 bits per heavy atom. The van der Waals surface area contributed by atoms with Crippen molar-refractivity contribution in [1.82, 2.24) is 24.5 Å². The Labute approximate surface area is 203 Å². The highest BCUT2D eigenvalue weighted by Gasteiger charge is 2.21. The molecule has 1 aliphatic rings. The van der Waals surface area contributed by atoms with Crippen molar-refractivity contribution in [3.63, 3.8) is 0 Å². The van der Waals surface area contributed by atoms with Crippen molar-refractivity contribution in [2.75, 3.05) is 47.4 Å². The third-order valence-corrected chi connectivity index (χ3v) is 6.11. The molecule has 0 unspecified atom stereocenters. The van der Waals surface area contributed by atoms with E-state index in [1.54, 1.807) is 25.6 Å². The molecule has 168 valence electrons. The van der Waals surface area contributed by atoms with Gasteiger partial charge in [-0.05, 0) is 18.2 Å². The van der Waals surface area contributed by atoms with Crippen LogP contribution >= 0.6 is 35.3 Å². The normalized spacial score (nSPS) is 15.1. The molecule has 0 bridgehead atoms. The summed E-state index contributed by atoms with van der Waals surface area (Å²) in [6, 6.07) is 5.96. The number of benzene rings is 1. The number of hydrogen-bond donors (Lipinski definition) is 1. The minimum Gasteiger partial charge on any atom is -0.497 e. The molecular weight excluding hydrogens is 527 g/mol. The summed E-state index contributed by atoms with van der Waals surface area (Å²) >= 11 is 1.64. The van der Waals surface area contributed by atoms with Gasteiger partial charge in [0.25, 0.3) is 0 Å². The molecule has 8 nitrogen and oxygen atoms in total. The molecule has 1 saturated heterocycles. The molecule has 10 heteroatoms. The van der Waals surface area contributed by atoms with Crippen molar-refractivity contribution in [2.24, 2.45) is 4.99 Å². The number of piperazine rings is 1. The Morgan fingerprint density at radius 1 is 1.19 bits per heavy atom. The van der Waals surface area contributed by atoms with Crippen LogP contribution in [0.15, 0.2) is 41.0 Å². The number of imidazole rings is 1. The van der Waals surface area contributed by atoms with E-state index in [1.165, 1.54) is 0 Å². The predicted octanol–water partition coefficient (Wildman–Crippen LogP) is 2.92. The number of ether oxygens (including phenoxy) is 2. The van der Waals surface area contributed by atoms with E-state index >= 15 is 0 Å². The summed E-state index contributed by atoms with van der Waals surface area (Å²) in [4.78, 5) is 14.9. The Hall–Kier alpha value is -2.05. The first-order chi connectivity index (χ1) is 14.7. The van der Waals surface area contributed by atoms with Gasteiger partial charge >= 0.3 is 0 Å². The van der Waals surface area contributed by atoms with Gasteiger partial charge in [-0.3, -0.25) is 14.3 Å². The first-order valence-electron chi connectivity index (χ1n) is 10.00. The molecule has 1 fully saturated rings. The van der Waals surface area contributed by atoms with Gasteiger partial charge in [-0.1, -0.05) is 0 Å². The van der Waals surface area contributed by atoms with Gasteiger partial charge in [0.1, 0.15) is 11.5 Å². The monoisotopic (exact) mass is 556 g/mol. The summed E-state index contributed by atoms with van der Waals surface area (Å²) < 4.78 is 12.9. The van der Waals surface area contributed by atoms with Crippen LogP contribution < -0.4 is 14.8 Å². The molecule has 0 radical (unpaired) electrons. The third kappa shape index (κ3) is 5.60. The number of rotatable bonds is 6. The number of hydrogen-bond acceptors (Lipinski definition) is 6. The summed E-state index contributed by atoms with van der Waals surface area (Å²) in [5.41, 5.74) is 2.17. The fraction of sp³-hybridized carbons (Fsp3) is 0.429. The highest BCUT2D eigenvalue weighted by atomic mass is 127. The molecular formula is C21H29IN6O2S. The van der Waals surface area contributed by atoms with Crippen molar-refractivity contribution >= 4 is 46.2 Å². The largest absolute Gasteiger partial charge is 0.497 e. The minimum atomic E-state index is 0. The lowest BCUT2D eigenvalue weighted by molar-refractivity contribution is 0.171. The minimum absolute atomic E-state index is 0. The number of nitrogens with one attached hydrogen (secondary N) is 1. The molecule has 0 aliphatic carbocycles. The number of halogens is 1. The van der Waals surface area contributed by atoms with Gasteiger partial charge in [0.05, 0.1) is 26.5 Å². The highest BCUT2D eigenvalue weighted by molar-refractivity contribution is 14.0. The standard InChI is InChI=1S/C21H28N6O2S.HI/c1-22-20(23-13-17-15-27-10-11-30-21(27)24-17)26-8-6-25(7-9-26)14-16-12-18(28-2)4-5-19(16)29-3;/h4-5,10-12,15H,6-9,13-14H2,1-3H3,(H,22,23);1H. The van der Waals surface area contributed by atoms with Crippen LogP contribution in [0.25, 0.3) is 4.96 Å². The smallest absolute Gasteiger partial charge is 0.194 e. The molecule has 0 spiro atoms. The summed E-state index contributed by atoms with van der Waals surface area (Å²) in [6.07, 6.45) is 4.09. The average Bonchev–Trinajstić information content (AvgIpc) is 3.37. The van der Waals surface area contributed by atoms with E-state index in [0.29, 0.717) is 6.54 Å². The van der Waals surface area contributed by atoms with Crippen molar-refractivity contribution in [3.05, 3.63) is 47.2 Å². The summed E-state index contributed by atoms with van der Waals surface area (Å²) in [6.45, 7) is 5.27. The van der Waals surface area contributed by atoms with Crippen LogP contribution in [0.2, 0.25) is 0 Å². The fourth-order valence-electron chi connectivity index (χ4n) is 3.73. The zero-order valence-corrected chi connectivity index (χ0v) is 21.2. The van der Waals surface area contributed by atoms with E-state index in [9.17, 15) is 0 Å². The van der Waals surface area contributed by atoms with Crippen LogP contribution in [-0.4, -0.2) is 72.6 Å². The molecule has 3 aromatic rings. The zero-order valence-electron chi connectivity index (χ0n) is 18.1. The summed E-state index contributed by atoms with van der Waals surface area (Å²) in [5.74, 6) is 2.67. The first kappa shape index (κ1) is 23.6. The topological polar surface area (TPSA) is 66.6 Å². The summed E-state index contributed by atoms with van der Waals surface area (Å²) in [7, 11) is 5.24. The van der Waals surface area contributed by atoms with Crippen molar-refractivity contribution in [2.45, 2.75) is 13.1 Å². The van der Waals surface area contributed by atoms with E-state index in [2.05, 4.69) is 41.8 Å². The van der Waals surface area contributed by atoms with Crippen LogP contribution in [-0.2, 0) is 13.1 Å². The average molecular weight is 556 g/mol. The fourth-order valence-corrected chi connectivity index (χ4v) is 4.45. The number of aromatic nitrogens is 2. The maximum atomic E-state index is 5.52. The molecule has 0 amide bonds. The van der Waals surface area contributed by atoms with Gasteiger partial charge in [0.2, 0.25) is 0 Å². The van der Waals surface area contributed by atoms with Gasteiger partial charge in [-0.25, -0.2) is 4.98 Å². The van der Waals surface area contributed by atoms with Crippen LogP contribution in [0.1, 0.15) is 11.3 Å². The number of methoxy groups -OCH3 is 2. The van der Waals surface area contributed by atoms with Gasteiger partial charge in [0, 0.05) is 63.1 Å². The van der Waals surface area contributed by atoms with Crippen molar-refractivity contribution in [1.29, 1.82) is 0 Å². The van der Waals surface area contributed by atoms with Crippen LogP contribution in [0.3, 0.4) is 0 Å². The van der Waals surface area contributed by atoms with Gasteiger partial charge < -0.3 is 19.7 Å². The van der Waals surface area contributed by atoms with E-state index in [-0.39, 0.29) is 24.0 Å². The van der Waals surface area contributed by atoms with Crippen LogP contribution in [0.4, 0.5) is 0 Å². The molecule has 1 aromatic carbocycles. The van der Waals surface area contributed by atoms with Gasteiger partial charge in [0.15, 0.2) is 10.9 Å².